The highest BCUT2D eigenvalue weighted by Crippen LogP contribution is 2.41. The van der Waals surface area contributed by atoms with Gasteiger partial charge in [-0.25, -0.2) is 4.79 Å². The number of carbonyl (C=O) groups is 2. The van der Waals surface area contributed by atoms with Gasteiger partial charge in [0.2, 0.25) is 11.8 Å². The molecule has 2 aliphatic heterocycles. The van der Waals surface area contributed by atoms with Crippen LogP contribution in [0.2, 0.25) is 0 Å². The number of aromatic nitrogens is 2. The molecule has 0 aromatic carbocycles. The Morgan fingerprint density at radius 2 is 2.20 bits per heavy atom. The van der Waals surface area contributed by atoms with Gasteiger partial charge < -0.3 is 14.9 Å². The van der Waals surface area contributed by atoms with Crippen molar-refractivity contribution in [2.75, 3.05) is 11.5 Å². The van der Waals surface area contributed by atoms with E-state index >= 15 is 0 Å². The fraction of sp³-hybridized carbons (Fsp3) is 0.600. The molecule has 0 aliphatic carbocycles. The first kappa shape index (κ1) is 18.3. The molecule has 1 aromatic rings. The SMILES string of the molecule is Cc1nnc(SCC2=C(C(=O)OC(C)(C)C)N3C(=O)C(N)[C@H]3SC2)o1. The van der Waals surface area contributed by atoms with Gasteiger partial charge in [0.05, 0.1) is 0 Å². The van der Waals surface area contributed by atoms with Gasteiger partial charge in [-0.1, -0.05) is 11.8 Å². The molecule has 10 heteroatoms. The molecule has 1 fully saturated rings. The third kappa shape index (κ3) is 3.70. The summed E-state index contributed by atoms with van der Waals surface area (Å²) in [6.07, 6.45) is 0. The summed E-state index contributed by atoms with van der Waals surface area (Å²) in [5.41, 5.74) is 6.31. The Hall–Kier alpha value is -1.52. The number of esters is 1. The lowest BCUT2D eigenvalue weighted by molar-refractivity contribution is -0.157. The molecule has 0 saturated carbocycles. The predicted octanol–water partition coefficient (Wildman–Crippen LogP) is 1.31. The molecular weight excluding hydrogens is 364 g/mol. The van der Waals surface area contributed by atoms with Crippen LogP contribution in [0.5, 0.6) is 0 Å². The largest absolute Gasteiger partial charge is 0.455 e. The van der Waals surface area contributed by atoms with Gasteiger partial charge in [-0.05, 0) is 26.3 Å². The van der Waals surface area contributed by atoms with Crippen molar-refractivity contribution in [3.63, 3.8) is 0 Å². The summed E-state index contributed by atoms with van der Waals surface area (Å²) in [5, 5.41) is 7.93. The van der Waals surface area contributed by atoms with Crippen LogP contribution in [-0.4, -0.2) is 55.5 Å². The number of nitrogens with two attached hydrogens (primary N) is 1. The van der Waals surface area contributed by atoms with Gasteiger partial charge in [0.25, 0.3) is 5.22 Å². The Morgan fingerprint density at radius 1 is 1.48 bits per heavy atom. The van der Waals surface area contributed by atoms with E-state index in [9.17, 15) is 9.59 Å². The fourth-order valence-corrected chi connectivity index (χ4v) is 4.73. The second-order valence-electron chi connectivity index (χ2n) is 6.77. The van der Waals surface area contributed by atoms with Crippen LogP contribution in [0.25, 0.3) is 0 Å². The van der Waals surface area contributed by atoms with E-state index < -0.39 is 17.6 Å². The van der Waals surface area contributed by atoms with Crippen molar-refractivity contribution < 1.29 is 18.7 Å². The summed E-state index contributed by atoms with van der Waals surface area (Å²) in [7, 11) is 0. The molecule has 136 valence electrons. The molecule has 1 saturated heterocycles. The summed E-state index contributed by atoms with van der Waals surface area (Å²) in [6.45, 7) is 7.09. The first-order chi connectivity index (χ1) is 11.7. The van der Waals surface area contributed by atoms with Gasteiger partial charge in [-0.15, -0.1) is 22.0 Å². The quantitative estimate of drug-likeness (QED) is 0.466. The Bertz CT molecular complexity index is 740. The topological polar surface area (TPSA) is 112 Å². The van der Waals surface area contributed by atoms with Gasteiger partial charge in [0, 0.05) is 18.4 Å². The Balaban J connectivity index is 1.85. The molecule has 3 rings (SSSR count). The van der Waals surface area contributed by atoms with Crippen molar-refractivity contribution in [1.29, 1.82) is 0 Å². The number of hydrogen-bond donors (Lipinski definition) is 1. The van der Waals surface area contributed by atoms with Crippen LogP contribution >= 0.6 is 23.5 Å². The first-order valence-electron chi connectivity index (χ1n) is 7.76. The van der Waals surface area contributed by atoms with Crippen LogP contribution in [0.15, 0.2) is 20.9 Å². The Morgan fingerprint density at radius 3 is 2.80 bits per heavy atom. The standard InChI is InChI=1S/C15H20N4O4S2/c1-7-17-18-14(22-7)25-6-8-5-24-12-9(16)11(20)19(12)10(8)13(21)23-15(2,3)4/h9,12H,5-6,16H2,1-4H3/t9?,12-/m1/s1. The molecule has 0 spiro atoms. The van der Waals surface area contributed by atoms with Crippen molar-refractivity contribution in [2.45, 2.75) is 49.9 Å². The number of ether oxygens (including phenoxy) is 1. The van der Waals surface area contributed by atoms with Gasteiger partial charge >= 0.3 is 5.97 Å². The summed E-state index contributed by atoms with van der Waals surface area (Å²) < 4.78 is 10.8. The molecule has 0 radical (unpaired) electrons. The number of amides is 1. The van der Waals surface area contributed by atoms with Crippen molar-refractivity contribution in [3.05, 3.63) is 17.2 Å². The number of hydrogen-bond acceptors (Lipinski definition) is 9. The smallest absolute Gasteiger partial charge is 0.355 e. The van der Waals surface area contributed by atoms with Gasteiger partial charge in [0.15, 0.2) is 0 Å². The average molecular weight is 384 g/mol. The highest BCUT2D eigenvalue weighted by atomic mass is 32.2. The Kier molecular flexibility index (Phi) is 4.86. The number of carbonyl (C=O) groups excluding carboxylic acids is 2. The minimum Gasteiger partial charge on any atom is -0.455 e. The molecule has 3 heterocycles. The third-order valence-corrected chi connectivity index (χ3v) is 5.82. The normalized spacial score (nSPS) is 23.4. The number of aryl methyl sites for hydroxylation is 1. The average Bonchev–Trinajstić information content (AvgIpc) is 2.95. The number of rotatable bonds is 4. The molecule has 0 bridgehead atoms. The molecule has 25 heavy (non-hydrogen) atoms. The highest BCUT2D eigenvalue weighted by molar-refractivity contribution is 8.01. The summed E-state index contributed by atoms with van der Waals surface area (Å²) >= 11 is 2.87. The van der Waals surface area contributed by atoms with Crippen LogP contribution in [0.4, 0.5) is 0 Å². The van der Waals surface area contributed by atoms with E-state index in [1.807, 2.05) is 0 Å². The van der Waals surface area contributed by atoms with Gasteiger partial charge in [0.1, 0.15) is 22.7 Å². The minimum atomic E-state index is -0.651. The van der Waals surface area contributed by atoms with Crippen LogP contribution in [0.3, 0.4) is 0 Å². The minimum absolute atomic E-state index is 0.214. The number of nitrogens with zero attached hydrogens (tertiary/aromatic N) is 3. The van der Waals surface area contributed by atoms with Crippen molar-refractivity contribution in [1.82, 2.24) is 15.1 Å². The molecule has 1 unspecified atom stereocenters. The maximum atomic E-state index is 12.7. The zero-order chi connectivity index (χ0) is 18.4. The summed E-state index contributed by atoms with van der Waals surface area (Å²) in [6, 6.07) is -0.574. The lowest BCUT2D eigenvalue weighted by Crippen LogP contribution is -2.68. The molecule has 1 amide bonds. The zero-order valence-electron chi connectivity index (χ0n) is 14.4. The van der Waals surface area contributed by atoms with E-state index in [1.165, 1.54) is 16.7 Å². The van der Waals surface area contributed by atoms with E-state index in [1.54, 1.807) is 39.5 Å². The lowest BCUT2D eigenvalue weighted by atomic mass is 10.0. The second kappa shape index (κ2) is 6.65. The monoisotopic (exact) mass is 384 g/mol. The molecule has 1 aromatic heterocycles. The van der Waals surface area contributed by atoms with Crippen molar-refractivity contribution in [3.8, 4) is 0 Å². The van der Waals surface area contributed by atoms with Crippen molar-refractivity contribution >= 4 is 35.4 Å². The number of β-lactam (4-membered cyclic amide) rings is 1. The molecule has 2 atom stereocenters. The first-order valence-corrected chi connectivity index (χ1v) is 9.79. The van der Waals surface area contributed by atoms with Crippen LogP contribution in [0.1, 0.15) is 26.7 Å². The molecule has 2 N–H and O–H groups in total. The zero-order valence-corrected chi connectivity index (χ0v) is 16.1. The second-order valence-corrected chi connectivity index (χ2v) is 8.80. The van der Waals surface area contributed by atoms with E-state index in [4.69, 9.17) is 14.9 Å². The van der Waals surface area contributed by atoms with Gasteiger partial charge in [-0.2, -0.15) is 0 Å². The van der Waals surface area contributed by atoms with E-state index in [-0.39, 0.29) is 11.3 Å². The summed E-state index contributed by atoms with van der Waals surface area (Å²) in [5.74, 6) is 0.765. The summed E-state index contributed by atoms with van der Waals surface area (Å²) in [4.78, 5) is 26.4. The fourth-order valence-electron chi connectivity index (χ4n) is 2.49. The Labute approximate surface area is 153 Å². The van der Waals surface area contributed by atoms with Crippen LogP contribution in [-0.2, 0) is 14.3 Å². The number of thioether (sulfide) groups is 2. The predicted molar refractivity (Wildman–Crippen MR) is 93.7 cm³/mol. The van der Waals surface area contributed by atoms with E-state index in [2.05, 4.69) is 10.2 Å². The molecule has 8 nitrogen and oxygen atoms in total. The highest BCUT2D eigenvalue weighted by Gasteiger charge is 2.52. The van der Waals surface area contributed by atoms with Gasteiger partial charge in [-0.3, -0.25) is 9.69 Å². The van der Waals surface area contributed by atoms with Crippen LogP contribution in [0, 0.1) is 6.92 Å². The lowest BCUT2D eigenvalue weighted by Gasteiger charge is -2.48. The van der Waals surface area contributed by atoms with Crippen LogP contribution < -0.4 is 5.73 Å². The number of fused-ring (bicyclic) bond motifs is 1. The van der Waals surface area contributed by atoms with E-state index in [0.717, 1.165) is 5.57 Å². The van der Waals surface area contributed by atoms with Crippen molar-refractivity contribution in [2.24, 2.45) is 5.73 Å². The van der Waals surface area contributed by atoms with E-state index in [0.29, 0.717) is 28.3 Å². The third-order valence-electron chi connectivity index (χ3n) is 3.56. The molecule has 2 aliphatic rings. The molecular formula is C15H20N4O4S2. The maximum absolute atomic E-state index is 12.7. The maximum Gasteiger partial charge on any atom is 0.355 e.